The molecule has 0 atom stereocenters. The molecule has 1 aromatic carbocycles. The van der Waals surface area contributed by atoms with Crippen molar-refractivity contribution in [2.75, 3.05) is 6.61 Å². The van der Waals surface area contributed by atoms with Crippen LogP contribution < -0.4 is 4.74 Å². The highest BCUT2D eigenvalue weighted by Gasteiger charge is 2.17. The molecular formula is C15H20ClNO3S. The standard InChI is InChI=1S/C15H20ClNO3S/c1-11-8-13(21(16,18)19)9-12(2)14(11)20-7-5-6-15(3,4)10-17/h8-9H,5-7H2,1-4H3. The molecule has 0 saturated carbocycles. The summed E-state index contributed by atoms with van der Waals surface area (Å²) in [7, 11) is 1.62. The van der Waals surface area contributed by atoms with Crippen molar-refractivity contribution in [2.24, 2.45) is 5.41 Å². The number of hydrogen-bond donors (Lipinski definition) is 0. The summed E-state index contributed by atoms with van der Waals surface area (Å²) in [5.74, 6) is 0.675. The van der Waals surface area contributed by atoms with E-state index >= 15 is 0 Å². The van der Waals surface area contributed by atoms with Gasteiger partial charge in [0, 0.05) is 10.7 Å². The average Bonchev–Trinajstić information content (AvgIpc) is 2.35. The number of halogens is 1. The van der Waals surface area contributed by atoms with Crippen molar-refractivity contribution in [2.45, 2.75) is 45.4 Å². The van der Waals surface area contributed by atoms with E-state index in [0.29, 0.717) is 12.4 Å². The van der Waals surface area contributed by atoms with Gasteiger partial charge in [0.1, 0.15) is 5.75 Å². The van der Waals surface area contributed by atoms with Crippen LogP contribution in [0.25, 0.3) is 0 Å². The van der Waals surface area contributed by atoms with Gasteiger partial charge in [0.05, 0.1) is 23.0 Å². The number of ether oxygens (including phenoxy) is 1. The number of nitrogens with zero attached hydrogens (tertiary/aromatic N) is 1. The first-order chi connectivity index (χ1) is 9.57. The van der Waals surface area contributed by atoms with Gasteiger partial charge in [-0.05, 0) is 63.8 Å². The lowest BCUT2D eigenvalue weighted by Crippen LogP contribution is -2.10. The van der Waals surface area contributed by atoms with Crippen LogP contribution in [-0.2, 0) is 9.05 Å². The zero-order valence-electron chi connectivity index (χ0n) is 12.7. The molecule has 1 aromatic rings. The van der Waals surface area contributed by atoms with Crippen LogP contribution in [0.5, 0.6) is 5.75 Å². The molecule has 0 fully saturated rings. The summed E-state index contributed by atoms with van der Waals surface area (Å²) >= 11 is 0. The monoisotopic (exact) mass is 329 g/mol. The molecule has 0 N–H and O–H groups in total. The fourth-order valence-electron chi connectivity index (χ4n) is 2.02. The SMILES string of the molecule is Cc1cc(S(=O)(=O)Cl)cc(C)c1OCCCC(C)(C)C#N. The topological polar surface area (TPSA) is 67.2 Å². The molecule has 0 amide bonds. The Morgan fingerprint density at radius 1 is 1.29 bits per heavy atom. The molecule has 21 heavy (non-hydrogen) atoms. The van der Waals surface area contributed by atoms with Crippen molar-refractivity contribution >= 4 is 19.7 Å². The summed E-state index contributed by atoms with van der Waals surface area (Å²) in [5, 5.41) is 8.95. The molecule has 0 aliphatic heterocycles. The summed E-state index contributed by atoms with van der Waals surface area (Å²) in [6, 6.07) is 5.26. The molecule has 4 nitrogen and oxygen atoms in total. The Bertz CT molecular complexity index is 637. The van der Waals surface area contributed by atoms with E-state index in [1.165, 1.54) is 12.1 Å². The Morgan fingerprint density at radius 2 is 1.81 bits per heavy atom. The summed E-state index contributed by atoms with van der Waals surface area (Å²) in [5.41, 5.74) is 1.10. The normalized spacial score (nSPS) is 12.0. The van der Waals surface area contributed by atoms with Crippen LogP contribution in [0.2, 0.25) is 0 Å². The summed E-state index contributed by atoms with van der Waals surface area (Å²) < 4.78 is 28.4. The predicted molar refractivity (Wildman–Crippen MR) is 83.1 cm³/mol. The lowest BCUT2D eigenvalue weighted by molar-refractivity contribution is 0.281. The third-order valence-corrected chi connectivity index (χ3v) is 4.54. The van der Waals surface area contributed by atoms with Crippen LogP contribution in [-0.4, -0.2) is 15.0 Å². The van der Waals surface area contributed by atoms with Crippen molar-refractivity contribution in [3.63, 3.8) is 0 Å². The van der Waals surface area contributed by atoms with Gasteiger partial charge in [0.15, 0.2) is 0 Å². The fraction of sp³-hybridized carbons (Fsp3) is 0.533. The molecule has 0 radical (unpaired) electrons. The van der Waals surface area contributed by atoms with Crippen molar-refractivity contribution in [3.05, 3.63) is 23.3 Å². The molecule has 0 aliphatic carbocycles. The number of rotatable bonds is 6. The Morgan fingerprint density at radius 3 is 2.24 bits per heavy atom. The van der Waals surface area contributed by atoms with Crippen LogP contribution in [0.15, 0.2) is 17.0 Å². The van der Waals surface area contributed by atoms with Crippen molar-refractivity contribution in [3.8, 4) is 11.8 Å². The van der Waals surface area contributed by atoms with Gasteiger partial charge in [-0.25, -0.2) is 8.42 Å². The first kappa shape index (κ1) is 17.8. The molecule has 0 heterocycles. The van der Waals surface area contributed by atoms with Crippen LogP contribution >= 0.6 is 10.7 Å². The van der Waals surface area contributed by atoms with Gasteiger partial charge in [-0.2, -0.15) is 5.26 Å². The number of benzene rings is 1. The average molecular weight is 330 g/mol. The molecule has 0 unspecified atom stereocenters. The molecule has 0 spiro atoms. The third kappa shape index (κ3) is 5.22. The lowest BCUT2D eigenvalue weighted by Gasteiger charge is -2.16. The van der Waals surface area contributed by atoms with Gasteiger partial charge in [0.25, 0.3) is 9.05 Å². The van der Waals surface area contributed by atoms with E-state index in [0.717, 1.165) is 24.0 Å². The predicted octanol–water partition coefficient (Wildman–Crippen LogP) is 3.94. The van der Waals surface area contributed by atoms with Crippen LogP contribution in [0, 0.1) is 30.6 Å². The zero-order chi connectivity index (χ0) is 16.3. The first-order valence-corrected chi connectivity index (χ1v) is 8.98. The van der Waals surface area contributed by atoms with Gasteiger partial charge < -0.3 is 4.74 Å². The highest BCUT2D eigenvalue weighted by atomic mass is 35.7. The fourth-order valence-corrected chi connectivity index (χ4v) is 2.93. The molecule has 116 valence electrons. The van der Waals surface area contributed by atoms with Gasteiger partial charge in [-0.15, -0.1) is 0 Å². The summed E-state index contributed by atoms with van der Waals surface area (Å²) in [4.78, 5) is 0.0807. The zero-order valence-corrected chi connectivity index (χ0v) is 14.3. The molecule has 6 heteroatoms. The van der Waals surface area contributed by atoms with E-state index in [1.54, 1.807) is 13.8 Å². The first-order valence-electron chi connectivity index (χ1n) is 6.67. The van der Waals surface area contributed by atoms with Crippen molar-refractivity contribution < 1.29 is 13.2 Å². The highest BCUT2D eigenvalue weighted by Crippen LogP contribution is 2.29. The maximum absolute atomic E-state index is 11.3. The Balaban J connectivity index is 2.76. The Kier molecular flexibility index (Phi) is 5.66. The van der Waals surface area contributed by atoms with Crippen LogP contribution in [0.4, 0.5) is 0 Å². The smallest absolute Gasteiger partial charge is 0.261 e. The van der Waals surface area contributed by atoms with Crippen molar-refractivity contribution in [1.29, 1.82) is 5.26 Å². The number of hydrogen-bond acceptors (Lipinski definition) is 4. The van der Waals surface area contributed by atoms with E-state index in [4.69, 9.17) is 20.7 Å². The maximum Gasteiger partial charge on any atom is 0.261 e. The Hall–Kier alpha value is -1.25. The second kappa shape index (κ2) is 6.67. The van der Waals surface area contributed by atoms with Crippen molar-refractivity contribution in [1.82, 2.24) is 0 Å². The Labute approximate surface area is 131 Å². The van der Waals surface area contributed by atoms with Gasteiger partial charge in [-0.1, -0.05) is 0 Å². The minimum absolute atomic E-state index is 0.0807. The van der Waals surface area contributed by atoms with E-state index in [1.807, 2.05) is 13.8 Å². The second-order valence-electron chi connectivity index (χ2n) is 5.77. The molecule has 0 saturated heterocycles. The van der Waals surface area contributed by atoms with Gasteiger partial charge >= 0.3 is 0 Å². The molecule has 0 aromatic heterocycles. The van der Waals surface area contributed by atoms with Crippen LogP contribution in [0.3, 0.4) is 0 Å². The van der Waals surface area contributed by atoms with E-state index < -0.39 is 9.05 Å². The highest BCUT2D eigenvalue weighted by molar-refractivity contribution is 8.13. The van der Waals surface area contributed by atoms with E-state index in [9.17, 15) is 8.42 Å². The third-order valence-electron chi connectivity index (χ3n) is 3.21. The lowest BCUT2D eigenvalue weighted by atomic mass is 9.90. The maximum atomic E-state index is 11.3. The molecule has 0 bridgehead atoms. The molecule has 0 aliphatic rings. The quantitative estimate of drug-likeness (QED) is 0.585. The largest absolute Gasteiger partial charge is 0.493 e. The minimum Gasteiger partial charge on any atom is -0.493 e. The van der Waals surface area contributed by atoms with Gasteiger partial charge in [0.2, 0.25) is 0 Å². The van der Waals surface area contributed by atoms with Crippen LogP contribution in [0.1, 0.15) is 37.8 Å². The summed E-state index contributed by atoms with van der Waals surface area (Å²) in [6.07, 6.45) is 1.50. The minimum atomic E-state index is -3.73. The number of aryl methyl sites for hydroxylation is 2. The van der Waals surface area contributed by atoms with E-state index in [2.05, 4.69) is 6.07 Å². The van der Waals surface area contributed by atoms with Gasteiger partial charge in [-0.3, -0.25) is 0 Å². The molecule has 1 rings (SSSR count). The summed E-state index contributed by atoms with van der Waals surface area (Å²) in [6.45, 7) is 7.84. The number of nitriles is 1. The van der Waals surface area contributed by atoms with E-state index in [-0.39, 0.29) is 10.3 Å². The molecular weight excluding hydrogens is 310 g/mol. The second-order valence-corrected chi connectivity index (χ2v) is 8.34.